The highest BCUT2D eigenvalue weighted by Crippen LogP contribution is 2.32. The molecule has 2 N–H and O–H groups in total. The Labute approximate surface area is 160 Å². The number of benzene rings is 1. The average Bonchev–Trinajstić information content (AvgIpc) is 3.00. The molecule has 0 saturated heterocycles. The van der Waals surface area contributed by atoms with E-state index in [1.165, 1.54) is 12.2 Å². The van der Waals surface area contributed by atoms with Crippen molar-refractivity contribution in [2.24, 2.45) is 4.99 Å². The maximum Gasteiger partial charge on any atom is 0.231 e. The van der Waals surface area contributed by atoms with E-state index in [2.05, 4.69) is 28.8 Å². The van der Waals surface area contributed by atoms with Gasteiger partial charge in [0.25, 0.3) is 0 Å². The zero-order valence-electron chi connectivity index (χ0n) is 13.8. The molecule has 23 heavy (non-hydrogen) atoms. The molecule has 1 aliphatic rings. The van der Waals surface area contributed by atoms with Gasteiger partial charge in [-0.2, -0.15) is 11.8 Å². The maximum atomic E-state index is 5.39. The Kier molecular flexibility index (Phi) is 10.3. The van der Waals surface area contributed by atoms with Crippen molar-refractivity contribution < 1.29 is 9.47 Å². The van der Waals surface area contributed by atoms with Crippen molar-refractivity contribution in [2.45, 2.75) is 26.3 Å². The van der Waals surface area contributed by atoms with Gasteiger partial charge in [-0.15, -0.1) is 24.0 Å². The van der Waals surface area contributed by atoms with Crippen LogP contribution < -0.4 is 20.1 Å². The van der Waals surface area contributed by atoms with E-state index in [0.717, 1.165) is 42.5 Å². The van der Waals surface area contributed by atoms with E-state index in [9.17, 15) is 0 Å². The highest BCUT2D eigenvalue weighted by molar-refractivity contribution is 14.0. The molecule has 0 fully saturated rings. The van der Waals surface area contributed by atoms with Crippen molar-refractivity contribution in [1.82, 2.24) is 10.6 Å². The van der Waals surface area contributed by atoms with Crippen LogP contribution in [0.25, 0.3) is 0 Å². The second-order valence-corrected chi connectivity index (χ2v) is 6.00. The number of thioether (sulfide) groups is 1. The van der Waals surface area contributed by atoms with E-state index in [0.29, 0.717) is 13.3 Å². The maximum absolute atomic E-state index is 5.39. The van der Waals surface area contributed by atoms with Crippen LogP contribution in [0.5, 0.6) is 11.5 Å². The minimum atomic E-state index is 0. The lowest BCUT2D eigenvalue weighted by atomic mass is 10.2. The van der Waals surface area contributed by atoms with Gasteiger partial charge >= 0.3 is 0 Å². The van der Waals surface area contributed by atoms with Crippen LogP contribution in [-0.4, -0.2) is 37.9 Å². The molecule has 5 nitrogen and oxygen atoms in total. The minimum Gasteiger partial charge on any atom is -0.454 e. The summed E-state index contributed by atoms with van der Waals surface area (Å²) in [6.45, 7) is 4.82. The number of ether oxygens (including phenoxy) is 2. The number of fused-ring (bicyclic) bond motifs is 1. The van der Waals surface area contributed by atoms with Gasteiger partial charge in [-0.25, -0.2) is 4.99 Å². The summed E-state index contributed by atoms with van der Waals surface area (Å²) in [7, 11) is 0. The molecule has 7 heteroatoms. The van der Waals surface area contributed by atoms with Crippen LogP contribution in [0.4, 0.5) is 0 Å². The Morgan fingerprint density at radius 3 is 2.83 bits per heavy atom. The van der Waals surface area contributed by atoms with E-state index in [-0.39, 0.29) is 24.0 Å². The first-order chi connectivity index (χ1) is 10.8. The van der Waals surface area contributed by atoms with E-state index < -0.39 is 0 Å². The molecular formula is C16H26IN3O2S. The van der Waals surface area contributed by atoms with Crippen LogP contribution in [0.15, 0.2) is 23.2 Å². The van der Waals surface area contributed by atoms with Crippen molar-refractivity contribution in [1.29, 1.82) is 0 Å². The number of nitrogens with zero attached hydrogens (tertiary/aromatic N) is 1. The lowest BCUT2D eigenvalue weighted by molar-refractivity contribution is 0.174. The van der Waals surface area contributed by atoms with Gasteiger partial charge in [-0.3, -0.25) is 0 Å². The van der Waals surface area contributed by atoms with E-state index in [1.807, 2.05) is 30.0 Å². The van der Waals surface area contributed by atoms with Crippen LogP contribution in [0.2, 0.25) is 0 Å². The molecule has 0 unspecified atom stereocenters. The van der Waals surface area contributed by atoms with Gasteiger partial charge in [-0.05, 0) is 49.5 Å². The summed E-state index contributed by atoms with van der Waals surface area (Å²) in [5.74, 6) is 3.70. The number of rotatable bonds is 8. The van der Waals surface area contributed by atoms with Crippen molar-refractivity contribution in [3.05, 3.63) is 23.8 Å². The standard InChI is InChI=1S/C16H25N3O2S.HI/c1-3-17-16(18-8-4-5-9-22-2)19-11-13-6-7-14-15(10-13)21-12-20-14;/h6-7,10H,3-5,8-9,11-12H2,1-2H3,(H2,17,18,19);1H. The minimum absolute atomic E-state index is 0. The molecule has 1 heterocycles. The van der Waals surface area contributed by atoms with E-state index >= 15 is 0 Å². The molecule has 1 aliphatic heterocycles. The lowest BCUT2D eigenvalue weighted by Gasteiger charge is -2.11. The second kappa shape index (κ2) is 11.7. The van der Waals surface area contributed by atoms with Crippen molar-refractivity contribution in [2.75, 3.05) is 31.9 Å². The smallest absolute Gasteiger partial charge is 0.231 e. The summed E-state index contributed by atoms with van der Waals surface area (Å²) < 4.78 is 10.7. The topological polar surface area (TPSA) is 54.9 Å². The number of nitrogens with one attached hydrogen (secondary N) is 2. The SMILES string of the molecule is CCNC(=NCc1ccc2c(c1)OCO2)NCCCCSC.I. The molecule has 0 aromatic heterocycles. The van der Waals surface area contributed by atoms with Gasteiger partial charge in [-0.1, -0.05) is 6.07 Å². The first-order valence-electron chi connectivity index (χ1n) is 7.73. The number of hydrogen-bond donors (Lipinski definition) is 2. The summed E-state index contributed by atoms with van der Waals surface area (Å²) in [5.41, 5.74) is 1.11. The Morgan fingerprint density at radius 1 is 1.22 bits per heavy atom. The number of aliphatic imine (C=N–C) groups is 1. The summed E-state index contributed by atoms with van der Waals surface area (Å²) in [4.78, 5) is 4.62. The van der Waals surface area contributed by atoms with Gasteiger partial charge in [0.05, 0.1) is 6.54 Å². The van der Waals surface area contributed by atoms with Crippen molar-refractivity contribution in [3.8, 4) is 11.5 Å². The Hall–Kier alpha value is -0.830. The van der Waals surface area contributed by atoms with Gasteiger partial charge < -0.3 is 20.1 Å². The van der Waals surface area contributed by atoms with Gasteiger partial charge in [0, 0.05) is 13.1 Å². The van der Waals surface area contributed by atoms with Crippen LogP contribution in [0, 0.1) is 0 Å². The molecule has 0 radical (unpaired) electrons. The third kappa shape index (κ3) is 7.07. The monoisotopic (exact) mass is 451 g/mol. The molecule has 2 rings (SSSR count). The Morgan fingerprint density at radius 2 is 2.04 bits per heavy atom. The highest BCUT2D eigenvalue weighted by Gasteiger charge is 2.12. The zero-order valence-corrected chi connectivity index (χ0v) is 16.9. The predicted octanol–water partition coefficient (Wildman–Crippen LogP) is 3.23. The summed E-state index contributed by atoms with van der Waals surface area (Å²) in [6, 6.07) is 5.96. The van der Waals surface area contributed by atoms with Crippen molar-refractivity contribution >= 4 is 41.7 Å². The second-order valence-electron chi connectivity index (χ2n) is 5.01. The average molecular weight is 451 g/mol. The van der Waals surface area contributed by atoms with Crippen LogP contribution >= 0.6 is 35.7 Å². The number of halogens is 1. The van der Waals surface area contributed by atoms with Gasteiger partial charge in [0.15, 0.2) is 17.5 Å². The van der Waals surface area contributed by atoms with Gasteiger partial charge in [0.1, 0.15) is 0 Å². The molecule has 0 saturated carbocycles. The third-order valence-electron chi connectivity index (χ3n) is 3.27. The molecule has 0 atom stereocenters. The Balaban J connectivity index is 0.00000264. The molecule has 0 aliphatic carbocycles. The molecule has 1 aromatic rings. The normalized spacial score (nSPS) is 12.7. The number of guanidine groups is 1. The molecule has 0 amide bonds. The summed E-state index contributed by atoms with van der Waals surface area (Å²) in [5, 5.41) is 6.65. The molecular weight excluding hydrogens is 425 g/mol. The number of hydrogen-bond acceptors (Lipinski definition) is 4. The zero-order chi connectivity index (χ0) is 15.6. The first-order valence-corrected chi connectivity index (χ1v) is 9.12. The fourth-order valence-electron chi connectivity index (χ4n) is 2.13. The van der Waals surface area contributed by atoms with E-state index in [4.69, 9.17) is 9.47 Å². The summed E-state index contributed by atoms with van der Waals surface area (Å²) >= 11 is 1.89. The highest BCUT2D eigenvalue weighted by atomic mass is 127. The molecule has 130 valence electrons. The fraction of sp³-hybridized carbons (Fsp3) is 0.562. The largest absolute Gasteiger partial charge is 0.454 e. The quantitative estimate of drug-likeness (QED) is 0.275. The lowest BCUT2D eigenvalue weighted by Crippen LogP contribution is -2.37. The fourth-order valence-corrected chi connectivity index (χ4v) is 2.62. The van der Waals surface area contributed by atoms with E-state index in [1.54, 1.807) is 0 Å². The Bertz CT molecular complexity index is 500. The van der Waals surface area contributed by atoms with Crippen LogP contribution in [0.1, 0.15) is 25.3 Å². The first kappa shape index (κ1) is 20.2. The van der Waals surface area contributed by atoms with Gasteiger partial charge in [0.2, 0.25) is 6.79 Å². The molecule has 0 spiro atoms. The molecule has 0 bridgehead atoms. The summed E-state index contributed by atoms with van der Waals surface area (Å²) in [6.07, 6.45) is 4.54. The number of unbranched alkanes of at least 4 members (excludes halogenated alkanes) is 1. The third-order valence-corrected chi connectivity index (χ3v) is 3.97. The predicted molar refractivity (Wildman–Crippen MR) is 108 cm³/mol. The van der Waals surface area contributed by atoms with Crippen LogP contribution in [-0.2, 0) is 6.54 Å². The van der Waals surface area contributed by atoms with Crippen molar-refractivity contribution in [3.63, 3.8) is 0 Å². The molecule has 1 aromatic carbocycles. The van der Waals surface area contributed by atoms with Crippen LogP contribution in [0.3, 0.4) is 0 Å².